The van der Waals surface area contributed by atoms with Crippen LogP contribution in [-0.4, -0.2) is 40.7 Å². The maximum absolute atomic E-state index is 13.1. The molecule has 0 atom stereocenters. The van der Waals surface area contributed by atoms with Gasteiger partial charge in [-0.05, 0) is 30.3 Å². The van der Waals surface area contributed by atoms with E-state index < -0.39 is 5.82 Å². The number of hydrogen-bond donors (Lipinski definition) is 1. The van der Waals surface area contributed by atoms with Crippen molar-refractivity contribution in [3.8, 4) is 0 Å². The largest absolute Gasteiger partial charge is 0.325 e. The summed E-state index contributed by atoms with van der Waals surface area (Å²) < 4.78 is 13.1. The van der Waals surface area contributed by atoms with Crippen molar-refractivity contribution in [1.82, 2.24) is 4.90 Å². The summed E-state index contributed by atoms with van der Waals surface area (Å²) in [5.41, 5.74) is 1.23. The van der Waals surface area contributed by atoms with Crippen LogP contribution in [0.1, 0.15) is 20.7 Å². The summed E-state index contributed by atoms with van der Waals surface area (Å²) in [7, 11) is 0. The van der Waals surface area contributed by atoms with Gasteiger partial charge >= 0.3 is 0 Å². The Hall–Kier alpha value is -2.67. The molecule has 0 saturated carbocycles. The summed E-state index contributed by atoms with van der Waals surface area (Å²) in [6.07, 6.45) is 0. The van der Waals surface area contributed by atoms with Gasteiger partial charge in [0.2, 0.25) is 5.91 Å². The minimum absolute atomic E-state index is 0.152. The van der Waals surface area contributed by atoms with Gasteiger partial charge in [-0.25, -0.2) is 4.39 Å². The second-order valence-electron chi connectivity index (χ2n) is 5.42. The summed E-state index contributed by atoms with van der Waals surface area (Å²) in [4.78, 5) is 37.4. The van der Waals surface area contributed by atoms with E-state index >= 15 is 0 Å². The first-order chi connectivity index (χ1) is 12.1. The molecule has 25 heavy (non-hydrogen) atoms. The quantitative estimate of drug-likeness (QED) is 0.637. The molecule has 0 aromatic heterocycles. The van der Waals surface area contributed by atoms with Crippen molar-refractivity contribution < 1.29 is 18.8 Å². The van der Waals surface area contributed by atoms with Crippen LogP contribution in [0.4, 0.5) is 10.1 Å². The number of carbonyl (C=O) groups is 3. The zero-order valence-electron chi connectivity index (χ0n) is 13.2. The number of halogens is 1. The number of hydrogen-bond acceptors (Lipinski definition) is 4. The zero-order chi connectivity index (χ0) is 17.8. The number of imide groups is 1. The molecule has 3 amide bonds. The van der Waals surface area contributed by atoms with Crippen molar-refractivity contribution in [2.75, 3.05) is 23.4 Å². The summed E-state index contributed by atoms with van der Waals surface area (Å²) >= 11 is 1.30. The van der Waals surface area contributed by atoms with E-state index in [2.05, 4.69) is 5.32 Å². The minimum Gasteiger partial charge on any atom is -0.325 e. The Labute approximate surface area is 148 Å². The van der Waals surface area contributed by atoms with Crippen LogP contribution in [0.25, 0.3) is 0 Å². The summed E-state index contributed by atoms with van der Waals surface area (Å²) in [5, 5.41) is 2.60. The number of nitrogens with zero attached hydrogens (tertiary/aromatic N) is 1. The van der Waals surface area contributed by atoms with Crippen LogP contribution in [0.3, 0.4) is 0 Å². The van der Waals surface area contributed by atoms with Crippen molar-refractivity contribution in [3.05, 3.63) is 65.5 Å². The molecular weight excluding hydrogens is 343 g/mol. The third-order valence-corrected chi connectivity index (χ3v) is 4.62. The molecule has 0 saturated heterocycles. The Morgan fingerprint density at radius 1 is 1.04 bits per heavy atom. The molecular formula is C18H15FN2O3S. The van der Waals surface area contributed by atoms with Crippen LogP contribution in [0.15, 0.2) is 48.5 Å². The van der Waals surface area contributed by atoms with Crippen LogP contribution in [0.2, 0.25) is 0 Å². The van der Waals surface area contributed by atoms with Gasteiger partial charge in [0.1, 0.15) is 5.82 Å². The van der Waals surface area contributed by atoms with Gasteiger partial charge in [0.25, 0.3) is 11.8 Å². The predicted octanol–water partition coefficient (Wildman–Crippen LogP) is 2.79. The molecule has 0 radical (unpaired) electrons. The van der Waals surface area contributed by atoms with E-state index in [9.17, 15) is 18.8 Å². The molecule has 7 heteroatoms. The summed E-state index contributed by atoms with van der Waals surface area (Å²) in [6, 6.07) is 12.4. The van der Waals surface area contributed by atoms with Gasteiger partial charge in [0.05, 0.1) is 16.9 Å². The van der Waals surface area contributed by atoms with Crippen molar-refractivity contribution in [1.29, 1.82) is 0 Å². The number of nitrogens with one attached hydrogen (secondary N) is 1. The second-order valence-corrected chi connectivity index (χ2v) is 6.52. The molecule has 1 aliphatic rings. The van der Waals surface area contributed by atoms with Gasteiger partial charge in [-0.3, -0.25) is 19.3 Å². The smallest absolute Gasteiger partial charge is 0.261 e. The second kappa shape index (κ2) is 7.48. The van der Waals surface area contributed by atoms with Gasteiger partial charge in [-0.1, -0.05) is 18.2 Å². The lowest BCUT2D eigenvalue weighted by Gasteiger charge is -2.13. The molecule has 2 aromatic rings. The Morgan fingerprint density at radius 3 is 2.36 bits per heavy atom. The van der Waals surface area contributed by atoms with E-state index in [1.54, 1.807) is 30.3 Å². The molecule has 5 nitrogen and oxygen atoms in total. The number of thioether (sulfide) groups is 1. The van der Waals surface area contributed by atoms with Crippen LogP contribution < -0.4 is 5.32 Å². The first-order valence-corrected chi connectivity index (χ1v) is 8.80. The topological polar surface area (TPSA) is 66.5 Å². The molecule has 0 bridgehead atoms. The fourth-order valence-electron chi connectivity index (χ4n) is 2.53. The molecule has 3 rings (SSSR count). The molecule has 2 aromatic carbocycles. The van der Waals surface area contributed by atoms with Crippen molar-refractivity contribution >= 4 is 35.2 Å². The van der Waals surface area contributed by atoms with Gasteiger partial charge in [0.15, 0.2) is 0 Å². The van der Waals surface area contributed by atoms with Crippen molar-refractivity contribution in [2.45, 2.75) is 0 Å². The maximum atomic E-state index is 13.1. The Bertz CT molecular complexity index is 806. The normalized spacial score (nSPS) is 13.1. The minimum atomic E-state index is -0.420. The van der Waals surface area contributed by atoms with Crippen LogP contribution in [0.5, 0.6) is 0 Å². The third kappa shape index (κ3) is 3.88. The average molecular weight is 358 g/mol. The molecule has 0 fully saturated rings. The van der Waals surface area contributed by atoms with Crippen LogP contribution >= 0.6 is 11.8 Å². The number of fused-ring (bicyclic) bond motifs is 1. The lowest BCUT2D eigenvalue weighted by atomic mass is 10.1. The monoisotopic (exact) mass is 358 g/mol. The number of benzene rings is 2. The van der Waals surface area contributed by atoms with E-state index in [1.165, 1.54) is 34.9 Å². The predicted molar refractivity (Wildman–Crippen MR) is 94.2 cm³/mol. The Balaban J connectivity index is 1.45. The highest BCUT2D eigenvalue weighted by Gasteiger charge is 2.34. The first-order valence-electron chi connectivity index (χ1n) is 7.64. The fourth-order valence-corrected chi connectivity index (χ4v) is 3.24. The number of amides is 3. The standard InChI is InChI=1S/C18H15FN2O3S/c19-12-4-3-5-13(10-12)20-16(22)11-25-9-8-21-17(23)14-6-1-2-7-15(14)18(21)24/h1-7,10H,8-9,11H2,(H,20,22). The van der Waals surface area contributed by atoms with Gasteiger partial charge in [0, 0.05) is 18.0 Å². The highest BCUT2D eigenvalue weighted by atomic mass is 32.2. The zero-order valence-corrected chi connectivity index (χ0v) is 14.0. The Morgan fingerprint density at radius 2 is 1.72 bits per heavy atom. The first kappa shape index (κ1) is 17.2. The van der Waals surface area contributed by atoms with Crippen LogP contribution in [0, 0.1) is 5.82 Å². The third-order valence-electron chi connectivity index (χ3n) is 3.68. The molecule has 128 valence electrons. The van der Waals surface area contributed by atoms with E-state index in [0.29, 0.717) is 22.6 Å². The summed E-state index contributed by atoms with van der Waals surface area (Å²) in [6.45, 7) is 0.240. The molecule has 1 heterocycles. The van der Waals surface area contributed by atoms with Crippen LogP contribution in [-0.2, 0) is 4.79 Å². The SMILES string of the molecule is O=C(CSCCN1C(=O)c2ccccc2C1=O)Nc1cccc(F)c1. The Kier molecular flexibility index (Phi) is 5.14. The fraction of sp³-hybridized carbons (Fsp3) is 0.167. The number of rotatable bonds is 6. The summed E-state index contributed by atoms with van der Waals surface area (Å²) in [5.74, 6) is -0.688. The number of carbonyl (C=O) groups excluding carboxylic acids is 3. The highest BCUT2D eigenvalue weighted by molar-refractivity contribution is 7.99. The van der Waals surface area contributed by atoms with Gasteiger partial charge in [-0.15, -0.1) is 0 Å². The van der Waals surface area contributed by atoms with E-state index in [4.69, 9.17) is 0 Å². The maximum Gasteiger partial charge on any atom is 0.261 e. The lowest BCUT2D eigenvalue weighted by molar-refractivity contribution is -0.113. The van der Waals surface area contributed by atoms with E-state index in [0.717, 1.165) is 0 Å². The van der Waals surface area contributed by atoms with Crippen molar-refractivity contribution in [3.63, 3.8) is 0 Å². The van der Waals surface area contributed by atoms with Crippen molar-refractivity contribution in [2.24, 2.45) is 0 Å². The van der Waals surface area contributed by atoms with E-state index in [-0.39, 0.29) is 30.0 Å². The van der Waals surface area contributed by atoms with Gasteiger partial charge < -0.3 is 5.32 Å². The number of anilines is 1. The molecule has 0 spiro atoms. The molecule has 1 aliphatic heterocycles. The van der Waals surface area contributed by atoms with E-state index in [1.807, 2.05) is 0 Å². The van der Waals surface area contributed by atoms with Gasteiger partial charge in [-0.2, -0.15) is 11.8 Å². The lowest BCUT2D eigenvalue weighted by Crippen LogP contribution is -2.32. The molecule has 1 N–H and O–H groups in total. The molecule has 0 aliphatic carbocycles. The average Bonchev–Trinajstić information content (AvgIpc) is 2.84. The highest BCUT2D eigenvalue weighted by Crippen LogP contribution is 2.22. The molecule has 0 unspecified atom stereocenters.